The van der Waals surface area contributed by atoms with Crippen LogP contribution in [0.25, 0.3) is 0 Å². The monoisotopic (exact) mass is 273 g/mol. The first-order chi connectivity index (χ1) is 9.47. The number of amides is 1. The molecular weight excluding hydrogens is 261 g/mol. The van der Waals surface area contributed by atoms with Gasteiger partial charge in [0.2, 0.25) is 0 Å². The molecule has 4 nitrogen and oxygen atoms in total. The van der Waals surface area contributed by atoms with Gasteiger partial charge in [-0.3, -0.25) is 4.79 Å². The molecule has 0 aliphatic heterocycles. The quantitative estimate of drug-likeness (QED) is 0.903. The third kappa shape index (κ3) is 3.00. The Morgan fingerprint density at radius 3 is 2.45 bits per heavy atom. The van der Waals surface area contributed by atoms with Gasteiger partial charge in [-0.15, -0.1) is 0 Å². The molecule has 0 atom stereocenters. The van der Waals surface area contributed by atoms with Gasteiger partial charge >= 0.3 is 5.97 Å². The lowest BCUT2D eigenvalue weighted by atomic mass is 10.1. The predicted octanol–water partition coefficient (Wildman–Crippen LogP) is 3.08. The van der Waals surface area contributed by atoms with Crippen LogP contribution in [0.15, 0.2) is 42.5 Å². The van der Waals surface area contributed by atoms with Crippen molar-refractivity contribution in [2.75, 3.05) is 5.32 Å². The molecule has 0 heterocycles. The van der Waals surface area contributed by atoms with Crippen molar-refractivity contribution < 1.29 is 19.1 Å². The van der Waals surface area contributed by atoms with Crippen LogP contribution < -0.4 is 5.32 Å². The minimum absolute atomic E-state index is 0.0356. The van der Waals surface area contributed by atoms with Gasteiger partial charge in [-0.05, 0) is 48.9 Å². The SMILES string of the molecule is Cc1cc(F)ccc1NC(=O)c1cccc(C(=O)O)c1. The van der Waals surface area contributed by atoms with Gasteiger partial charge in [-0.2, -0.15) is 0 Å². The summed E-state index contributed by atoms with van der Waals surface area (Å²) in [7, 11) is 0. The van der Waals surface area contributed by atoms with Crippen LogP contribution in [-0.4, -0.2) is 17.0 Å². The number of carbonyl (C=O) groups is 2. The topological polar surface area (TPSA) is 66.4 Å². The first-order valence-corrected chi connectivity index (χ1v) is 5.88. The number of benzene rings is 2. The van der Waals surface area contributed by atoms with E-state index < -0.39 is 11.9 Å². The lowest BCUT2D eigenvalue weighted by Gasteiger charge is -2.08. The van der Waals surface area contributed by atoms with E-state index in [9.17, 15) is 14.0 Å². The molecule has 0 saturated heterocycles. The molecule has 0 fully saturated rings. The lowest BCUT2D eigenvalue weighted by molar-refractivity contribution is 0.0697. The molecule has 5 heteroatoms. The highest BCUT2D eigenvalue weighted by molar-refractivity contribution is 6.05. The fourth-order valence-electron chi connectivity index (χ4n) is 1.76. The van der Waals surface area contributed by atoms with Crippen molar-refractivity contribution in [1.82, 2.24) is 0 Å². The Balaban J connectivity index is 2.24. The number of aromatic carboxylic acids is 1. The highest BCUT2D eigenvalue weighted by atomic mass is 19.1. The van der Waals surface area contributed by atoms with Crippen molar-refractivity contribution in [3.8, 4) is 0 Å². The summed E-state index contributed by atoms with van der Waals surface area (Å²) in [5, 5.41) is 11.5. The Morgan fingerprint density at radius 2 is 1.80 bits per heavy atom. The molecule has 0 unspecified atom stereocenters. The second-order valence-corrected chi connectivity index (χ2v) is 4.30. The van der Waals surface area contributed by atoms with E-state index in [4.69, 9.17) is 5.11 Å². The summed E-state index contributed by atoms with van der Waals surface area (Å²) in [5.41, 5.74) is 1.34. The fraction of sp³-hybridized carbons (Fsp3) is 0.0667. The number of rotatable bonds is 3. The first kappa shape index (κ1) is 13.7. The second kappa shape index (κ2) is 5.52. The molecule has 0 bridgehead atoms. The summed E-state index contributed by atoms with van der Waals surface area (Å²) >= 11 is 0. The summed E-state index contributed by atoms with van der Waals surface area (Å²) in [5.74, 6) is -1.92. The van der Waals surface area contributed by atoms with Gasteiger partial charge in [0.05, 0.1) is 5.56 Å². The Hall–Kier alpha value is -2.69. The number of aryl methyl sites for hydroxylation is 1. The van der Waals surface area contributed by atoms with Gasteiger partial charge in [0.15, 0.2) is 0 Å². The molecule has 2 N–H and O–H groups in total. The standard InChI is InChI=1S/C15H12FNO3/c1-9-7-12(16)5-6-13(9)17-14(18)10-3-2-4-11(8-10)15(19)20/h2-8H,1H3,(H,17,18)(H,19,20). The maximum atomic E-state index is 13.0. The van der Waals surface area contributed by atoms with Crippen molar-refractivity contribution >= 4 is 17.6 Å². The first-order valence-electron chi connectivity index (χ1n) is 5.88. The minimum Gasteiger partial charge on any atom is -0.478 e. The maximum Gasteiger partial charge on any atom is 0.335 e. The highest BCUT2D eigenvalue weighted by Gasteiger charge is 2.11. The van der Waals surface area contributed by atoms with E-state index in [0.717, 1.165) is 0 Å². The van der Waals surface area contributed by atoms with Crippen LogP contribution in [-0.2, 0) is 0 Å². The Morgan fingerprint density at radius 1 is 1.10 bits per heavy atom. The molecule has 20 heavy (non-hydrogen) atoms. The Bertz CT molecular complexity index is 683. The minimum atomic E-state index is -1.10. The molecule has 2 aromatic carbocycles. The Labute approximate surface area is 114 Å². The molecule has 0 aliphatic rings. The average molecular weight is 273 g/mol. The van der Waals surface area contributed by atoms with Gasteiger partial charge in [0.25, 0.3) is 5.91 Å². The number of anilines is 1. The van der Waals surface area contributed by atoms with Crippen LogP contribution in [0, 0.1) is 12.7 Å². The van der Waals surface area contributed by atoms with Crippen LogP contribution in [0.3, 0.4) is 0 Å². The van der Waals surface area contributed by atoms with Gasteiger partial charge < -0.3 is 10.4 Å². The van der Waals surface area contributed by atoms with E-state index in [1.54, 1.807) is 6.92 Å². The number of halogens is 1. The van der Waals surface area contributed by atoms with Crippen LogP contribution in [0.2, 0.25) is 0 Å². The van der Waals surface area contributed by atoms with Crippen molar-refractivity contribution in [2.45, 2.75) is 6.92 Å². The molecule has 2 rings (SSSR count). The van der Waals surface area contributed by atoms with E-state index in [2.05, 4.69) is 5.32 Å². The molecule has 0 saturated carbocycles. The molecule has 102 valence electrons. The average Bonchev–Trinajstić information content (AvgIpc) is 2.42. The number of hydrogen-bond acceptors (Lipinski definition) is 2. The van der Waals surface area contributed by atoms with E-state index in [-0.39, 0.29) is 16.9 Å². The van der Waals surface area contributed by atoms with E-state index in [0.29, 0.717) is 11.3 Å². The third-order valence-electron chi connectivity index (χ3n) is 2.81. The predicted molar refractivity (Wildman–Crippen MR) is 72.5 cm³/mol. The normalized spacial score (nSPS) is 10.1. The van der Waals surface area contributed by atoms with Crippen LogP contribution in [0.1, 0.15) is 26.3 Å². The molecule has 0 aromatic heterocycles. The number of carboxylic acids is 1. The number of hydrogen-bond donors (Lipinski definition) is 2. The zero-order chi connectivity index (χ0) is 14.7. The van der Waals surface area contributed by atoms with E-state index in [1.807, 2.05) is 0 Å². The zero-order valence-electron chi connectivity index (χ0n) is 10.7. The largest absolute Gasteiger partial charge is 0.478 e. The van der Waals surface area contributed by atoms with Crippen molar-refractivity contribution in [2.24, 2.45) is 0 Å². The van der Waals surface area contributed by atoms with Crippen LogP contribution >= 0.6 is 0 Å². The maximum absolute atomic E-state index is 13.0. The zero-order valence-corrected chi connectivity index (χ0v) is 10.7. The smallest absolute Gasteiger partial charge is 0.335 e. The molecule has 0 aliphatic carbocycles. The van der Waals surface area contributed by atoms with E-state index >= 15 is 0 Å². The number of nitrogens with one attached hydrogen (secondary N) is 1. The van der Waals surface area contributed by atoms with Gasteiger partial charge in [0, 0.05) is 11.3 Å². The van der Waals surface area contributed by atoms with E-state index in [1.165, 1.54) is 42.5 Å². The summed E-state index contributed by atoms with van der Waals surface area (Å²) in [6.45, 7) is 1.67. The third-order valence-corrected chi connectivity index (χ3v) is 2.81. The molecule has 2 aromatic rings. The Kier molecular flexibility index (Phi) is 3.79. The summed E-state index contributed by atoms with van der Waals surface area (Å²) in [4.78, 5) is 22.9. The summed E-state index contributed by atoms with van der Waals surface area (Å²) in [6.07, 6.45) is 0. The van der Waals surface area contributed by atoms with Gasteiger partial charge in [0.1, 0.15) is 5.82 Å². The molecule has 0 spiro atoms. The number of carbonyl (C=O) groups excluding carboxylic acids is 1. The van der Waals surface area contributed by atoms with Crippen molar-refractivity contribution in [3.05, 3.63) is 65.0 Å². The highest BCUT2D eigenvalue weighted by Crippen LogP contribution is 2.17. The lowest BCUT2D eigenvalue weighted by Crippen LogP contribution is -2.13. The second-order valence-electron chi connectivity index (χ2n) is 4.30. The fourth-order valence-corrected chi connectivity index (χ4v) is 1.76. The molecular formula is C15H12FNO3. The number of carboxylic acid groups (broad SMARTS) is 1. The van der Waals surface area contributed by atoms with Crippen molar-refractivity contribution in [3.63, 3.8) is 0 Å². The summed E-state index contributed by atoms with van der Waals surface area (Å²) in [6, 6.07) is 9.72. The molecule has 0 radical (unpaired) electrons. The van der Waals surface area contributed by atoms with Gasteiger partial charge in [-0.25, -0.2) is 9.18 Å². The molecule has 1 amide bonds. The van der Waals surface area contributed by atoms with Crippen LogP contribution in [0.4, 0.5) is 10.1 Å². The van der Waals surface area contributed by atoms with Crippen LogP contribution in [0.5, 0.6) is 0 Å². The van der Waals surface area contributed by atoms with Gasteiger partial charge in [-0.1, -0.05) is 6.07 Å². The van der Waals surface area contributed by atoms with Crippen molar-refractivity contribution in [1.29, 1.82) is 0 Å². The summed E-state index contributed by atoms with van der Waals surface area (Å²) < 4.78 is 13.0.